The summed E-state index contributed by atoms with van der Waals surface area (Å²) >= 11 is 3.44. The number of aromatic nitrogens is 2. The fraction of sp³-hybridized carbons (Fsp3) is 0.533. The first-order valence-corrected chi connectivity index (χ1v) is 9.21. The van der Waals surface area contributed by atoms with Crippen molar-refractivity contribution in [3.63, 3.8) is 0 Å². The first-order chi connectivity index (χ1) is 10.7. The highest BCUT2D eigenvalue weighted by molar-refractivity contribution is 14.0. The summed E-state index contributed by atoms with van der Waals surface area (Å²) in [6, 6.07) is 0. The molecule has 2 heterocycles. The highest BCUT2D eigenvalue weighted by Gasteiger charge is 2.02. The minimum atomic E-state index is 0. The third kappa shape index (κ3) is 7.58. The van der Waals surface area contributed by atoms with Crippen LogP contribution in [-0.4, -0.2) is 35.6 Å². The fourth-order valence-corrected chi connectivity index (χ4v) is 3.38. The average Bonchev–Trinajstić information content (AvgIpc) is 3.08. The Morgan fingerprint density at radius 2 is 2.09 bits per heavy atom. The van der Waals surface area contributed by atoms with Gasteiger partial charge in [-0.3, -0.25) is 4.99 Å². The van der Waals surface area contributed by atoms with Gasteiger partial charge < -0.3 is 10.6 Å². The number of hydrogen-bond donors (Lipinski definition) is 2. The summed E-state index contributed by atoms with van der Waals surface area (Å²) in [7, 11) is 0. The van der Waals surface area contributed by atoms with E-state index in [-0.39, 0.29) is 24.0 Å². The molecule has 0 aliphatic carbocycles. The van der Waals surface area contributed by atoms with Crippen LogP contribution in [-0.2, 0) is 12.8 Å². The number of hydrogen-bond acceptors (Lipinski definition) is 5. The maximum absolute atomic E-state index is 4.60. The molecule has 0 fully saturated rings. The monoisotopic (exact) mass is 465 g/mol. The van der Waals surface area contributed by atoms with Gasteiger partial charge in [0, 0.05) is 48.9 Å². The standard InChI is InChI=1S/C15H23N5S2.HI/c1-4-16-15(17-7-5-13-10-21-12(3)20-13)18-8-6-14-19-9-11(2)22-14;/h9-10H,4-8H2,1-3H3,(H2,16,17,18);1H. The Bertz CT molecular complexity index is 609. The van der Waals surface area contributed by atoms with Gasteiger partial charge in [-0.1, -0.05) is 0 Å². The van der Waals surface area contributed by atoms with Crippen molar-refractivity contribution in [2.24, 2.45) is 4.99 Å². The van der Waals surface area contributed by atoms with E-state index in [0.717, 1.165) is 54.1 Å². The lowest BCUT2D eigenvalue weighted by Gasteiger charge is -2.10. The van der Waals surface area contributed by atoms with Gasteiger partial charge in [0.2, 0.25) is 0 Å². The molecule has 0 aliphatic heterocycles. The smallest absolute Gasteiger partial charge is 0.191 e. The van der Waals surface area contributed by atoms with Crippen LogP contribution in [0.1, 0.15) is 27.5 Å². The molecular formula is C15H24IN5S2. The molecule has 0 amide bonds. The van der Waals surface area contributed by atoms with Crippen molar-refractivity contribution in [2.75, 3.05) is 19.6 Å². The van der Waals surface area contributed by atoms with Crippen molar-refractivity contribution >= 4 is 52.6 Å². The lowest BCUT2D eigenvalue weighted by atomic mass is 10.3. The Morgan fingerprint density at radius 3 is 2.70 bits per heavy atom. The van der Waals surface area contributed by atoms with Crippen molar-refractivity contribution in [3.8, 4) is 0 Å². The van der Waals surface area contributed by atoms with Crippen molar-refractivity contribution in [1.29, 1.82) is 0 Å². The van der Waals surface area contributed by atoms with E-state index in [1.54, 1.807) is 22.7 Å². The summed E-state index contributed by atoms with van der Waals surface area (Å²) in [5.41, 5.74) is 1.14. The van der Waals surface area contributed by atoms with Crippen LogP contribution in [0, 0.1) is 13.8 Å². The van der Waals surface area contributed by atoms with Gasteiger partial charge in [-0.25, -0.2) is 9.97 Å². The lowest BCUT2D eigenvalue weighted by molar-refractivity contribution is 0.787. The van der Waals surface area contributed by atoms with E-state index in [2.05, 4.69) is 44.8 Å². The van der Waals surface area contributed by atoms with E-state index >= 15 is 0 Å². The van der Waals surface area contributed by atoms with E-state index in [0.29, 0.717) is 0 Å². The molecule has 2 aromatic rings. The molecule has 2 aromatic heterocycles. The first kappa shape index (κ1) is 20.3. The van der Waals surface area contributed by atoms with Crippen LogP contribution in [0.3, 0.4) is 0 Å². The number of thiazole rings is 2. The minimum Gasteiger partial charge on any atom is -0.357 e. The molecule has 0 saturated carbocycles. The van der Waals surface area contributed by atoms with Gasteiger partial charge in [0.25, 0.3) is 0 Å². The molecule has 0 unspecified atom stereocenters. The highest BCUT2D eigenvalue weighted by atomic mass is 127. The van der Waals surface area contributed by atoms with Crippen LogP contribution < -0.4 is 10.6 Å². The molecule has 23 heavy (non-hydrogen) atoms. The molecule has 8 heteroatoms. The number of aryl methyl sites for hydroxylation is 2. The van der Waals surface area contributed by atoms with Crippen LogP contribution in [0.2, 0.25) is 0 Å². The fourth-order valence-electron chi connectivity index (χ4n) is 1.95. The van der Waals surface area contributed by atoms with Gasteiger partial charge in [-0.05, 0) is 20.8 Å². The third-order valence-electron chi connectivity index (χ3n) is 2.95. The second-order valence-corrected chi connectivity index (χ2v) is 7.29. The molecule has 2 N–H and O–H groups in total. The van der Waals surface area contributed by atoms with Crippen LogP contribution >= 0.6 is 46.7 Å². The zero-order valence-electron chi connectivity index (χ0n) is 13.8. The van der Waals surface area contributed by atoms with Crippen LogP contribution in [0.15, 0.2) is 16.6 Å². The topological polar surface area (TPSA) is 62.2 Å². The molecule has 0 aliphatic rings. The van der Waals surface area contributed by atoms with Gasteiger partial charge in [-0.15, -0.1) is 46.7 Å². The highest BCUT2D eigenvalue weighted by Crippen LogP contribution is 2.11. The van der Waals surface area contributed by atoms with Gasteiger partial charge in [0.15, 0.2) is 5.96 Å². The normalized spacial score (nSPS) is 11.2. The maximum atomic E-state index is 4.60. The number of rotatable bonds is 7. The molecule has 2 rings (SSSR count). The molecule has 0 radical (unpaired) electrons. The number of halogens is 1. The molecule has 0 spiro atoms. The number of nitrogens with zero attached hydrogens (tertiary/aromatic N) is 3. The molecule has 0 aromatic carbocycles. The third-order valence-corrected chi connectivity index (χ3v) is 4.74. The zero-order valence-corrected chi connectivity index (χ0v) is 17.7. The summed E-state index contributed by atoms with van der Waals surface area (Å²) < 4.78 is 0. The predicted molar refractivity (Wildman–Crippen MR) is 111 cm³/mol. The summed E-state index contributed by atoms with van der Waals surface area (Å²) in [4.78, 5) is 14.7. The van der Waals surface area contributed by atoms with E-state index in [4.69, 9.17) is 0 Å². The molecular weight excluding hydrogens is 441 g/mol. The number of guanidine groups is 1. The summed E-state index contributed by atoms with van der Waals surface area (Å²) in [6.07, 6.45) is 3.73. The Labute approximate surface area is 163 Å². The molecule has 128 valence electrons. The van der Waals surface area contributed by atoms with E-state index < -0.39 is 0 Å². The van der Waals surface area contributed by atoms with Crippen molar-refractivity contribution in [3.05, 3.63) is 32.2 Å². The second kappa shape index (κ2) is 10.9. The Hall–Kier alpha value is -0.740. The van der Waals surface area contributed by atoms with Gasteiger partial charge in [0.1, 0.15) is 0 Å². The van der Waals surface area contributed by atoms with Crippen LogP contribution in [0.4, 0.5) is 0 Å². The lowest BCUT2D eigenvalue weighted by Crippen LogP contribution is -2.38. The Morgan fingerprint density at radius 1 is 1.26 bits per heavy atom. The SMILES string of the molecule is CCNC(=NCCc1ncc(C)s1)NCCc1csc(C)n1.I. The van der Waals surface area contributed by atoms with Crippen LogP contribution in [0.25, 0.3) is 0 Å². The number of aliphatic imine (C=N–C) groups is 1. The first-order valence-electron chi connectivity index (χ1n) is 7.52. The summed E-state index contributed by atoms with van der Waals surface area (Å²) in [5, 5.41) is 11.0. The van der Waals surface area contributed by atoms with Crippen LogP contribution in [0.5, 0.6) is 0 Å². The Balaban J connectivity index is 0.00000264. The van der Waals surface area contributed by atoms with Crippen molar-refractivity contribution < 1.29 is 0 Å². The molecule has 5 nitrogen and oxygen atoms in total. The predicted octanol–water partition coefficient (Wildman–Crippen LogP) is 3.17. The molecule has 0 saturated heterocycles. The van der Waals surface area contributed by atoms with Gasteiger partial charge in [0.05, 0.1) is 15.7 Å². The van der Waals surface area contributed by atoms with E-state index in [9.17, 15) is 0 Å². The minimum absolute atomic E-state index is 0. The average molecular weight is 465 g/mol. The van der Waals surface area contributed by atoms with Crippen molar-refractivity contribution in [2.45, 2.75) is 33.6 Å². The van der Waals surface area contributed by atoms with Gasteiger partial charge >= 0.3 is 0 Å². The maximum Gasteiger partial charge on any atom is 0.191 e. The number of nitrogens with one attached hydrogen (secondary N) is 2. The molecule has 0 bridgehead atoms. The summed E-state index contributed by atoms with van der Waals surface area (Å²) in [5.74, 6) is 0.864. The van der Waals surface area contributed by atoms with Crippen molar-refractivity contribution in [1.82, 2.24) is 20.6 Å². The quantitative estimate of drug-likeness (QED) is 0.375. The van der Waals surface area contributed by atoms with E-state index in [1.165, 1.54) is 4.88 Å². The largest absolute Gasteiger partial charge is 0.357 e. The summed E-state index contributed by atoms with van der Waals surface area (Å²) in [6.45, 7) is 8.64. The second-order valence-electron chi connectivity index (χ2n) is 4.91. The van der Waals surface area contributed by atoms with E-state index in [1.807, 2.05) is 13.1 Å². The van der Waals surface area contributed by atoms with Gasteiger partial charge in [-0.2, -0.15) is 0 Å². The zero-order chi connectivity index (χ0) is 15.8. The Kier molecular flexibility index (Phi) is 9.65. The molecule has 0 atom stereocenters.